The van der Waals surface area contributed by atoms with Gasteiger partial charge in [0.15, 0.2) is 0 Å². The molecule has 0 unspecified atom stereocenters. The minimum atomic E-state index is -0.413. The number of piperidine rings is 1. The summed E-state index contributed by atoms with van der Waals surface area (Å²) in [5.41, 5.74) is 1.05. The fourth-order valence-electron chi connectivity index (χ4n) is 3.20. The van der Waals surface area contributed by atoms with Crippen LogP contribution in [0, 0.1) is 0 Å². The largest absolute Gasteiger partial charge is 0.335 e. The van der Waals surface area contributed by atoms with Gasteiger partial charge in [-0.05, 0) is 44.9 Å². The van der Waals surface area contributed by atoms with E-state index in [1.807, 2.05) is 32.0 Å². The molecule has 6 nitrogen and oxygen atoms in total. The average Bonchev–Trinajstić information content (AvgIpc) is 3.05. The van der Waals surface area contributed by atoms with E-state index >= 15 is 0 Å². The van der Waals surface area contributed by atoms with Gasteiger partial charge >= 0.3 is 6.03 Å². The van der Waals surface area contributed by atoms with E-state index < -0.39 is 6.03 Å². The number of nitrogens with one attached hydrogen (secondary N) is 2. The maximum absolute atomic E-state index is 12.1. The van der Waals surface area contributed by atoms with Gasteiger partial charge in [0.2, 0.25) is 5.91 Å². The number of hydrogen-bond acceptors (Lipinski definition) is 5. The molecule has 1 fully saturated rings. The Morgan fingerprint density at radius 1 is 1.38 bits per heavy atom. The van der Waals surface area contributed by atoms with Crippen LogP contribution in [0.5, 0.6) is 0 Å². The lowest BCUT2D eigenvalue weighted by Gasteiger charge is -2.31. The summed E-state index contributed by atoms with van der Waals surface area (Å²) in [6.07, 6.45) is 2.96. The van der Waals surface area contributed by atoms with Gasteiger partial charge in [0, 0.05) is 18.5 Å². The van der Waals surface area contributed by atoms with Crippen LogP contribution >= 0.6 is 11.3 Å². The molecule has 0 bridgehead atoms. The van der Waals surface area contributed by atoms with Crippen LogP contribution in [0.25, 0.3) is 10.2 Å². The van der Waals surface area contributed by atoms with Crippen LogP contribution in [0.3, 0.4) is 0 Å². The molecular formula is C19H26N4O2S. The van der Waals surface area contributed by atoms with Crippen LogP contribution in [0.4, 0.5) is 4.79 Å². The van der Waals surface area contributed by atoms with Gasteiger partial charge in [-0.25, -0.2) is 9.78 Å². The first-order valence-corrected chi connectivity index (χ1v) is 10.0. The Morgan fingerprint density at radius 2 is 2.19 bits per heavy atom. The Hall–Kier alpha value is -1.99. The van der Waals surface area contributed by atoms with E-state index in [1.54, 1.807) is 11.3 Å². The summed E-state index contributed by atoms with van der Waals surface area (Å²) in [5.74, 6) is 0.0960. The molecule has 1 aromatic heterocycles. The van der Waals surface area contributed by atoms with Crippen LogP contribution in [-0.4, -0.2) is 47.5 Å². The van der Waals surface area contributed by atoms with Gasteiger partial charge < -0.3 is 5.32 Å². The molecule has 1 aromatic carbocycles. The molecule has 1 aliphatic rings. The highest BCUT2D eigenvalue weighted by atomic mass is 32.1. The van der Waals surface area contributed by atoms with Crippen LogP contribution in [0.2, 0.25) is 0 Å². The van der Waals surface area contributed by atoms with Crippen molar-refractivity contribution in [3.05, 3.63) is 29.3 Å². The summed E-state index contributed by atoms with van der Waals surface area (Å²) in [6.45, 7) is 5.83. The summed E-state index contributed by atoms with van der Waals surface area (Å²) >= 11 is 1.74. The topological polar surface area (TPSA) is 74.3 Å². The fourth-order valence-corrected chi connectivity index (χ4v) is 4.29. The van der Waals surface area contributed by atoms with Crippen molar-refractivity contribution < 1.29 is 9.59 Å². The Labute approximate surface area is 158 Å². The van der Waals surface area contributed by atoms with Crippen molar-refractivity contribution in [3.8, 4) is 0 Å². The molecule has 3 rings (SSSR count). The highest BCUT2D eigenvalue weighted by Crippen LogP contribution is 2.32. The number of carbonyl (C=O) groups excluding carboxylic acids is 2. The van der Waals surface area contributed by atoms with E-state index in [0.29, 0.717) is 5.92 Å². The molecule has 140 valence electrons. The van der Waals surface area contributed by atoms with E-state index in [2.05, 4.69) is 21.6 Å². The Morgan fingerprint density at radius 3 is 2.96 bits per heavy atom. The van der Waals surface area contributed by atoms with Gasteiger partial charge in [0.05, 0.1) is 21.8 Å². The average molecular weight is 375 g/mol. The predicted molar refractivity (Wildman–Crippen MR) is 104 cm³/mol. The number of rotatable bonds is 5. The Kier molecular flexibility index (Phi) is 6.21. The van der Waals surface area contributed by atoms with Crippen molar-refractivity contribution >= 4 is 33.5 Å². The first-order valence-electron chi connectivity index (χ1n) is 9.23. The monoisotopic (exact) mass is 374 g/mol. The second-order valence-electron chi connectivity index (χ2n) is 6.93. The zero-order chi connectivity index (χ0) is 18.5. The van der Waals surface area contributed by atoms with Crippen molar-refractivity contribution in [1.82, 2.24) is 20.5 Å². The minimum absolute atomic E-state index is 0.0567. The molecule has 26 heavy (non-hydrogen) atoms. The highest BCUT2D eigenvalue weighted by Gasteiger charge is 2.25. The Balaban J connectivity index is 1.55. The van der Waals surface area contributed by atoms with Crippen molar-refractivity contribution in [2.45, 2.75) is 45.1 Å². The van der Waals surface area contributed by atoms with E-state index in [-0.39, 0.29) is 18.5 Å². The molecule has 2 heterocycles. The van der Waals surface area contributed by atoms with Crippen LogP contribution in [0.15, 0.2) is 24.3 Å². The first-order chi connectivity index (χ1) is 12.5. The molecule has 2 atom stereocenters. The predicted octanol–water partition coefficient (Wildman–Crippen LogP) is 3.10. The van der Waals surface area contributed by atoms with Crippen molar-refractivity contribution in [3.63, 3.8) is 0 Å². The van der Waals surface area contributed by atoms with Gasteiger partial charge in [-0.2, -0.15) is 0 Å². The van der Waals surface area contributed by atoms with Gasteiger partial charge in [-0.15, -0.1) is 11.3 Å². The first kappa shape index (κ1) is 18.8. The molecule has 1 saturated heterocycles. The molecule has 0 saturated carbocycles. The number of thiazole rings is 1. The number of aromatic nitrogens is 1. The van der Waals surface area contributed by atoms with E-state index in [0.717, 1.165) is 42.9 Å². The molecule has 0 radical (unpaired) electrons. The summed E-state index contributed by atoms with van der Waals surface area (Å²) < 4.78 is 1.21. The molecule has 7 heteroatoms. The van der Waals surface area contributed by atoms with Crippen molar-refractivity contribution in [2.75, 3.05) is 19.6 Å². The number of fused-ring (bicyclic) bond motifs is 1. The molecule has 2 N–H and O–H groups in total. The summed E-state index contributed by atoms with van der Waals surface area (Å²) in [5, 5.41) is 6.32. The molecule has 3 amide bonds. The smallest absolute Gasteiger partial charge is 0.321 e. The van der Waals surface area contributed by atoms with Gasteiger partial charge in [0.1, 0.15) is 0 Å². The lowest BCUT2D eigenvalue weighted by Crippen LogP contribution is -2.48. The van der Waals surface area contributed by atoms with Crippen LogP contribution in [0.1, 0.15) is 44.0 Å². The lowest BCUT2D eigenvalue weighted by molar-refractivity contribution is -0.121. The lowest BCUT2D eigenvalue weighted by atomic mass is 9.99. The van der Waals surface area contributed by atoms with Crippen molar-refractivity contribution in [1.29, 1.82) is 0 Å². The third-order valence-electron chi connectivity index (χ3n) is 4.78. The van der Waals surface area contributed by atoms with Crippen LogP contribution < -0.4 is 10.6 Å². The van der Waals surface area contributed by atoms with Crippen LogP contribution in [-0.2, 0) is 4.79 Å². The number of imide groups is 1. The zero-order valence-corrected chi connectivity index (χ0v) is 16.1. The highest BCUT2D eigenvalue weighted by molar-refractivity contribution is 7.18. The van der Waals surface area contributed by atoms with E-state index in [1.165, 1.54) is 4.70 Å². The second kappa shape index (κ2) is 8.60. The number of benzene rings is 1. The van der Waals surface area contributed by atoms with E-state index in [4.69, 9.17) is 4.98 Å². The molecule has 2 aromatic rings. The number of amides is 3. The Bertz CT molecular complexity index is 743. The SMILES string of the molecule is CC[C@@H](C)NC(=O)NC(=O)CN1CCC[C@H](c2nc3ccccc3s2)C1. The third-order valence-corrected chi connectivity index (χ3v) is 5.97. The number of para-hydroxylation sites is 1. The normalized spacial score (nSPS) is 19.2. The zero-order valence-electron chi connectivity index (χ0n) is 15.3. The van der Waals surface area contributed by atoms with E-state index in [9.17, 15) is 9.59 Å². The summed E-state index contributed by atoms with van der Waals surface area (Å²) in [6, 6.07) is 7.82. The number of hydrogen-bond donors (Lipinski definition) is 2. The van der Waals surface area contributed by atoms with Gasteiger partial charge in [-0.3, -0.25) is 15.0 Å². The van der Waals surface area contributed by atoms with Gasteiger partial charge in [0.25, 0.3) is 0 Å². The molecular weight excluding hydrogens is 348 g/mol. The third kappa shape index (κ3) is 4.80. The number of urea groups is 1. The maximum atomic E-state index is 12.1. The number of carbonyl (C=O) groups is 2. The second-order valence-corrected chi connectivity index (χ2v) is 7.99. The van der Waals surface area contributed by atoms with Crippen molar-refractivity contribution in [2.24, 2.45) is 0 Å². The molecule has 0 aliphatic carbocycles. The molecule has 0 spiro atoms. The minimum Gasteiger partial charge on any atom is -0.335 e. The quantitative estimate of drug-likeness (QED) is 0.843. The number of nitrogens with zero attached hydrogens (tertiary/aromatic N) is 2. The maximum Gasteiger partial charge on any atom is 0.321 e. The molecule has 1 aliphatic heterocycles. The fraction of sp³-hybridized carbons (Fsp3) is 0.526. The number of likely N-dealkylation sites (tertiary alicyclic amines) is 1. The summed E-state index contributed by atoms with van der Waals surface area (Å²) in [4.78, 5) is 30.8. The summed E-state index contributed by atoms with van der Waals surface area (Å²) in [7, 11) is 0. The standard InChI is InChI=1S/C19H26N4O2S/c1-3-13(2)20-19(25)22-17(24)12-23-10-6-7-14(11-23)18-21-15-8-4-5-9-16(15)26-18/h4-5,8-9,13-14H,3,6-7,10-12H2,1-2H3,(H2,20,22,24,25)/t13-,14+/m1/s1. The van der Waals surface area contributed by atoms with Gasteiger partial charge in [-0.1, -0.05) is 19.1 Å².